The third-order valence-electron chi connectivity index (χ3n) is 8.87. The third kappa shape index (κ3) is 5.69. The fourth-order valence-corrected chi connectivity index (χ4v) is 7.66. The molecule has 1 aliphatic heterocycles. The number of amides is 1. The second-order valence-corrected chi connectivity index (χ2v) is 12.5. The van der Waals surface area contributed by atoms with Crippen molar-refractivity contribution in [3.63, 3.8) is 0 Å². The molecule has 4 aliphatic carbocycles. The Balaban J connectivity index is 1.08. The number of benzene rings is 2. The number of cyclic esters (lactones) is 2. The van der Waals surface area contributed by atoms with Gasteiger partial charge in [-0.2, -0.15) is 0 Å². The number of carbonyl (C=O) groups is 3. The summed E-state index contributed by atoms with van der Waals surface area (Å²) < 4.78 is 21.8. The maximum absolute atomic E-state index is 12.7. The minimum absolute atomic E-state index is 0.203. The molecule has 0 spiro atoms. The molecule has 4 bridgehead atoms. The fourth-order valence-electron chi connectivity index (χ4n) is 7.66. The van der Waals surface area contributed by atoms with Gasteiger partial charge in [0.1, 0.15) is 5.57 Å². The average Bonchev–Trinajstić information content (AvgIpc) is 2.89. The average molecular weight is 560 g/mol. The smallest absolute Gasteiger partial charge is 0.348 e. The van der Waals surface area contributed by atoms with E-state index in [1.807, 2.05) is 19.1 Å². The van der Waals surface area contributed by atoms with E-state index in [-0.39, 0.29) is 18.1 Å². The molecule has 0 unspecified atom stereocenters. The van der Waals surface area contributed by atoms with Gasteiger partial charge >= 0.3 is 11.9 Å². The standard InChI is InChI=1S/C33H37NO7/c1-4-38-28-15-20(14-26-30(36)40-32(2,3)41-31(26)37)5-10-27(28)39-19-29(35)34-25-8-6-24(7-9-25)33-16-21-11-22(17-33)13-23(12-21)18-33/h5-10,14-15,21-23H,4,11-13,16-19H2,1-3H3,(H,34,35). The van der Waals surface area contributed by atoms with Crippen LogP contribution in [0.25, 0.3) is 6.08 Å². The maximum atomic E-state index is 12.7. The molecule has 2 aromatic rings. The van der Waals surface area contributed by atoms with Crippen molar-refractivity contribution >= 4 is 29.6 Å². The summed E-state index contributed by atoms with van der Waals surface area (Å²) in [6.45, 7) is 4.97. The topological polar surface area (TPSA) is 100 Å². The van der Waals surface area contributed by atoms with Gasteiger partial charge in [-0.05, 0) is 110 Å². The largest absolute Gasteiger partial charge is 0.490 e. The highest BCUT2D eigenvalue weighted by Gasteiger charge is 2.51. The molecule has 1 N–H and O–H groups in total. The lowest BCUT2D eigenvalue weighted by molar-refractivity contribution is -0.222. The molecule has 4 saturated carbocycles. The van der Waals surface area contributed by atoms with Crippen molar-refractivity contribution in [3.8, 4) is 11.5 Å². The van der Waals surface area contributed by atoms with E-state index in [1.165, 1.54) is 64.0 Å². The SMILES string of the molecule is CCOc1cc(C=C2C(=O)OC(C)(C)OC2=O)ccc1OCC(=O)Nc1ccc(C23CC4CC(CC(C4)C2)C3)cc1. The Hall–Kier alpha value is -3.81. The van der Waals surface area contributed by atoms with E-state index in [2.05, 4.69) is 17.4 Å². The van der Waals surface area contributed by atoms with Gasteiger partial charge in [0.2, 0.25) is 0 Å². The number of carbonyl (C=O) groups excluding carboxylic acids is 3. The van der Waals surface area contributed by atoms with Crippen LogP contribution >= 0.6 is 0 Å². The second-order valence-electron chi connectivity index (χ2n) is 12.5. The van der Waals surface area contributed by atoms with Gasteiger partial charge in [0.15, 0.2) is 18.1 Å². The zero-order valence-electron chi connectivity index (χ0n) is 23.9. The summed E-state index contributed by atoms with van der Waals surface area (Å²) in [5, 5.41) is 2.93. The number of esters is 2. The number of hydrogen-bond acceptors (Lipinski definition) is 7. The Kier molecular flexibility index (Phi) is 7.04. The first-order chi connectivity index (χ1) is 19.6. The minimum Gasteiger partial charge on any atom is -0.490 e. The Morgan fingerprint density at radius 1 is 0.902 bits per heavy atom. The lowest BCUT2D eigenvalue weighted by Gasteiger charge is -2.57. The van der Waals surface area contributed by atoms with Crippen molar-refractivity contribution in [1.29, 1.82) is 0 Å². The van der Waals surface area contributed by atoms with Crippen molar-refractivity contribution in [2.24, 2.45) is 17.8 Å². The molecule has 2 aromatic carbocycles. The van der Waals surface area contributed by atoms with Crippen LogP contribution in [0.2, 0.25) is 0 Å². The molecule has 7 rings (SSSR count). The Morgan fingerprint density at radius 3 is 2.10 bits per heavy atom. The monoisotopic (exact) mass is 559 g/mol. The lowest BCUT2D eigenvalue weighted by Crippen LogP contribution is -2.48. The zero-order valence-corrected chi connectivity index (χ0v) is 23.9. The molecular formula is C33H37NO7. The van der Waals surface area contributed by atoms with E-state index in [4.69, 9.17) is 18.9 Å². The number of rotatable bonds is 8. The highest BCUT2D eigenvalue weighted by Crippen LogP contribution is 2.60. The number of nitrogens with one attached hydrogen (secondary N) is 1. The molecule has 41 heavy (non-hydrogen) atoms. The van der Waals surface area contributed by atoms with E-state index >= 15 is 0 Å². The second kappa shape index (κ2) is 10.5. The molecule has 0 atom stereocenters. The van der Waals surface area contributed by atoms with Crippen LogP contribution in [0, 0.1) is 17.8 Å². The molecule has 5 aliphatic rings. The van der Waals surface area contributed by atoms with Crippen LogP contribution in [-0.4, -0.2) is 36.8 Å². The Morgan fingerprint density at radius 2 is 1.51 bits per heavy atom. The molecule has 1 amide bonds. The lowest BCUT2D eigenvalue weighted by atomic mass is 9.48. The van der Waals surface area contributed by atoms with Gasteiger partial charge in [-0.15, -0.1) is 0 Å². The van der Waals surface area contributed by atoms with Crippen LogP contribution in [0.4, 0.5) is 5.69 Å². The van der Waals surface area contributed by atoms with E-state index in [1.54, 1.807) is 18.2 Å². The van der Waals surface area contributed by atoms with E-state index < -0.39 is 17.7 Å². The van der Waals surface area contributed by atoms with Crippen molar-refractivity contribution < 1.29 is 33.3 Å². The van der Waals surface area contributed by atoms with Gasteiger partial charge in [-0.1, -0.05) is 18.2 Å². The first-order valence-electron chi connectivity index (χ1n) is 14.6. The van der Waals surface area contributed by atoms with Crippen LogP contribution in [0.3, 0.4) is 0 Å². The number of hydrogen-bond donors (Lipinski definition) is 1. The fraction of sp³-hybridized carbons (Fsp3) is 0.485. The van der Waals surface area contributed by atoms with Crippen LogP contribution in [0.5, 0.6) is 11.5 Å². The molecular weight excluding hydrogens is 522 g/mol. The third-order valence-corrected chi connectivity index (χ3v) is 8.87. The van der Waals surface area contributed by atoms with Gasteiger partial charge in [0.05, 0.1) is 6.61 Å². The van der Waals surface area contributed by atoms with Crippen LogP contribution in [0.15, 0.2) is 48.0 Å². The Bertz CT molecular complexity index is 1330. The number of anilines is 1. The molecule has 0 aromatic heterocycles. The molecule has 1 saturated heterocycles. The van der Waals surface area contributed by atoms with Crippen molar-refractivity contribution in [2.75, 3.05) is 18.5 Å². The van der Waals surface area contributed by atoms with Crippen LogP contribution < -0.4 is 14.8 Å². The highest BCUT2D eigenvalue weighted by atomic mass is 16.7. The van der Waals surface area contributed by atoms with Crippen LogP contribution in [0.1, 0.15) is 70.4 Å². The summed E-state index contributed by atoms with van der Waals surface area (Å²) in [5.41, 5.74) is 2.79. The van der Waals surface area contributed by atoms with Crippen LogP contribution in [-0.2, 0) is 29.3 Å². The molecule has 8 nitrogen and oxygen atoms in total. The summed E-state index contributed by atoms with van der Waals surface area (Å²) in [6, 6.07) is 13.3. The van der Waals surface area contributed by atoms with Gasteiger partial charge in [0, 0.05) is 19.5 Å². The highest BCUT2D eigenvalue weighted by molar-refractivity contribution is 6.18. The summed E-state index contributed by atoms with van der Waals surface area (Å²) in [7, 11) is 0. The quantitative estimate of drug-likeness (QED) is 0.248. The van der Waals surface area contributed by atoms with Crippen molar-refractivity contribution in [2.45, 2.75) is 70.5 Å². The molecule has 0 radical (unpaired) electrons. The zero-order chi connectivity index (χ0) is 28.8. The van der Waals surface area contributed by atoms with Crippen molar-refractivity contribution in [3.05, 3.63) is 59.2 Å². The summed E-state index contributed by atoms with van der Waals surface area (Å²) in [5.74, 6) is 0.310. The summed E-state index contributed by atoms with van der Waals surface area (Å²) in [6.07, 6.45) is 9.56. The predicted octanol–water partition coefficient (Wildman–Crippen LogP) is 5.79. The predicted molar refractivity (Wildman–Crippen MR) is 152 cm³/mol. The van der Waals surface area contributed by atoms with Gasteiger partial charge in [-0.25, -0.2) is 9.59 Å². The minimum atomic E-state index is -1.31. The molecule has 216 valence electrons. The van der Waals surface area contributed by atoms with E-state index in [0.29, 0.717) is 29.1 Å². The van der Waals surface area contributed by atoms with E-state index in [0.717, 1.165) is 23.4 Å². The molecule has 8 heteroatoms. The van der Waals surface area contributed by atoms with Gasteiger partial charge < -0.3 is 24.3 Å². The molecule has 5 fully saturated rings. The maximum Gasteiger partial charge on any atom is 0.348 e. The van der Waals surface area contributed by atoms with E-state index in [9.17, 15) is 14.4 Å². The number of ether oxygens (including phenoxy) is 4. The van der Waals surface area contributed by atoms with Crippen molar-refractivity contribution in [1.82, 2.24) is 0 Å². The van der Waals surface area contributed by atoms with Gasteiger partial charge in [-0.3, -0.25) is 4.79 Å². The summed E-state index contributed by atoms with van der Waals surface area (Å²) >= 11 is 0. The normalized spacial score (nSPS) is 27.6. The molecule has 1 heterocycles. The first-order valence-corrected chi connectivity index (χ1v) is 14.6. The van der Waals surface area contributed by atoms with Gasteiger partial charge in [0.25, 0.3) is 11.7 Å². The first kappa shape index (κ1) is 27.4. The summed E-state index contributed by atoms with van der Waals surface area (Å²) in [4.78, 5) is 37.3. The Labute approximate surface area is 240 Å².